The van der Waals surface area contributed by atoms with E-state index in [2.05, 4.69) is 77.8 Å². The van der Waals surface area contributed by atoms with Crippen molar-refractivity contribution in [2.45, 2.75) is 126 Å². The van der Waals surface area contributed by atoms with Gasteiger partial charge < -0.3 is 49.1 Å². The topological polar surface area (TPSA) is 233 Å². The number of ether oxygens (including phenoxy) is 4. The van der Waals surface area contributed by atoms with E-state index in [1.165, 1.54) is 22.6 Å². The van der Waals surface area contributed by atoms with Gasteiger partial charge in [0.25, 0.3) is 21.6 Å². The van der Waals surface area contributed by atoms with Gasteiger partial charge in [-0.25, -0.2) is 18.1 Å². The number of piperidine rings is 1. The van der Waals surface area contributed by atoms with E-state index >= 15 is 0 Å². The van der Waals surface area contributed by atoms with Crippen LogP contribution in [0.15, 0.2) is 83.3 Å². The third-order valence-corrected chi connectivity index (χ3v) is 22.8. The van der Waals surface area contributed by atoms with E-state index in [1.54, 1.807) is 13.2 Å². The molecule has 1 amide bonds. The van der Waals surface area contributed by atoms with Crippen LogP contribution in [-0.4, -0.2) is 159 Å². The number of aromatic nitrogens is 3. The van der Waals surface area contributed by atoms with Gasteiger partial charge in [0.1, 0.15) is 23.1 Å². The van der Waals surface area contributed by atoms with Crippen molar-refractivity contribution in [3.05, 3.63) is 110 Å². The Hall–Kier alpha value is -6.60. The second kappa shape index (κ2) is 24.1. The number of anilines is 5. The molecule has 2 aromatic carbocycles. The number of thiophene rings is 1. The first-order chi connectivity index (χ1) is 41.9. The molecule has 5 aliphatic heterocycles. The van der Waals surface area contributed by atoms with Gasteiger partial charge in [0.05, 0.1) is 59.6 Å². The van der Waals surface area contributed by atoms with Crippen molar-refractivity contribution in [3.63, 3.8) is 0 Å². The highest BCUT2D eigenvalue weighted by Crippen LogP contribution is 2.58. The Balaban J connectivity index is 0.748. The van der Waals surface area contributed by atoms with Gasteiger partial charge in [0.15, 0.2) is 11.6 Å². The van der Waals surface area contributed by atoms with Gasteiger partial charge in [-0.2, -0.15) is 4.98 Å². The zero-order valence-corrected chi connectivity index (χ0v) is 52.0. The standard InChI is InChI=1S/C64H81N11O10S2/c1-40(2)58-47(14-29-86-58)55-38-70(37-43-30-56(82-5)60(67-36-43)72-24-27-83-28-25-72)22-23-73(55)54-34-64(41(54)3)17-20-71(21-18-64)45-6-8-48(51(32-45)74-50-13-26-84-39-57(50)85-62-53(74)31-44-12-19-65-59(44)68-62)61(76)69-87(80,81)46-7-9-49(52(33-46)75(78)79)66-35-42-10-15-63(4,77)16-11-42/h6-9,12,14,19,29-33,36,40-42,50,54-55,57,66,77H,10-11,13,15-18,20-28,34-35,37-39H2,1-5H3,(H,65,68)(H,69,76)/t41?,42?,50-,54?,55-,57-,63?/m0/s1. The molecule has 21 nitrogen and oxygen atoms in total. The summed E-state index contributed by atoms with van der Waals surface area (Å²) in [4.78, 5) is 53.0. The Bertz CT molecular complexity index is 3630. The molecule has 2 saturated carbocycles. The van der Waals surface area contributed by atoms with Crippen molar-refractivity contribution in [2.24, 2.45) is 17.3 Å². The Labute approximate surface area is 512 Å². The number of nitro benzene ring substituents is 1. The average molecular weight is 1230 g/mol. The number of morpholine rings is 1. The molecule has 464 valence electrons. The monoisotopic (exact) mass is 1230 g/mol. The van der Waals surface area contributed by atoms with E-state index in [0.717, 1.165) is 119 Å². The van der Waals surface area contributed by atoms with Gasteiger partial charge in [-0.1, -0.05) is 20.8 Å². The largest absolute Gasteiger partial charge is 0.493 e. The van der Waals surface area contributed by atoms with Gasteiger partial charge >= 0.3 is 0 Å². The van der Waals surface area contributed by atoms with Gasteiger partial charge in [0, 0.05) is 112 Å². The molecule has 13 rings (SSSR count). The Kier molecular flexibility index (Phi) is 16.4. The molecule has 4 N–H and O–H groups in total. The lowest BCUT2D eigenvalue weighted by atomic mass is 9.53. The number of nitrogens with zero attached hydrogens (tertiary/aromatic N) is 8. The van der Waals surface area contributed by atoms with Crippen LogP contribution >= 0.6 is 11.3 Å². The predicted octanol–water partition coefficient (Wildman–Crippen LogP) is 9.61. The number of nitrogens with one attached hydrogen (secondary N) is 3. The molecule has 4 aromatic heterocycles. The number of aromatic amines is 1. The van der Waals surface area contributed by atoms with E-state index in [9.17, 15) is 28.4 Å². The van der Waals surface area contributed by atoms with Crippen molar-refractivity contribution in [3.8, 4) is 11.6 Å². The number of hydrogen-bond acceptors (Lipinski definition) is 19. The minimum atomic E-state index is -4.65. The zero-order chi connectivity index (χ0) is 60.4. The number of aliphatic hydroxyl groups is 1. The maximum atomic E-state index is 14.9. The maximum Gasteiger partial charge on any atom is 0.293 e. The lowest BCUT2D eigenvalue weighted by molar-refractivity contribution is -0.384. The lowest BCUT2D eigenvalue weighted by Gasteiger charge is -2.62. The van der Waals surface area contributed by atoms with Crippen molar-refractivity contribution >= 4 is 72.6 Å². The average Bonchev–Trinajstić information content (AvgIpc) is 1.19. The molecule has 1 spiro atoms. The number of amides is 1. The molecule has 9 heterocycles. The Morgan fingerprint density at radius 1 is 0.943 bits per heavy atom. The van der Waals surface area contributed by atoms with Crippen LogP contribution in [0.1, 0.15) is 117 Å². The summed E-state index contributed by atoms with van der Waals surface area (Å²) in [7, 11) is -2.92. The molecule has 87 heavy (non-hydrogen) atoms. The predicted molar refractivity (Wildman–Crippen MR) is 336 cm³/mol. The fourth-order valence-corrected chi connectivity index (χ4v) is 17.0. The fraction of sp³-hybridized carbons (Fsp3) is 0.547. The number of fused-ring (bicyclic) bond motifs is 3. The van der Waals surface area contributed by atoms with E-state index < -0.39 is 43.1 Å². The summed E-state index contributed by atoms with van der Waals surface area (Å²) in [5.74, 6) is 2.23. The van der Waals surface area contributed by atoms with E-state index in [-0.39, 0.29) is 34.7 Å². The number of pyridine rings is 2. The summed E-state index contributed by atoms with van der Waals surface area (Å²) < 4.78 is 55.1. The highest BCUT2D eigenvalue weighted by atomic mass is 32.2. The van der Waals surface area contributed by atoms with Crippen LogP contribution in [0.4, 0.5) is 34.3 Å². The van der Waals surface area contributed by atoms with Crippen LogP contribution in [0.5, 0.6) is 11.6 Å². The second-order valence-electron chi connectivity index (χ2n) is 25.8. The van der Waals surface area contributed by atoms with Crippen LogP contribution in [0, 0.1) is 27.4 Å². The molecule has 2 unspecified atom stereocenters. The summed E-state index contributed by atoms with van der Waals surface area (Å²) >= 11 is 1.87. The quantitative estimate of drug-likeness (QED) is 0.0522. The first-order valence-electron chi connectivity index (χ1n) is 31.1. The molecule has 0 bridgehead atoms. The maximum absolute atomic E-state index is 14.9. The van der Waals surface area contributed by atoms with Crippen LogP contribution in [-0.2, 0) is 26.0 Å². The molecule has 4 saturated heterocycles. The summed E-state index contributed by atoms with van der Waals surface area (Å²) in [5, 5.41) is 29.2. The summed E-state index contributed by atoms with van der Waals surface area (Å²) in [6.45, 7) is 18.3. The molecule has 6 fully saturated rings. The number of carbonyl (C=O) groups is 1. The van der Waals surface area contributed by atoms with Gasteiger partial charge in [-0.3, -0.25) is 24.7 Å². The number of benzene rings is 2. The third kappa shape index (κ3) is 11.7. The molecule has 7 aliphatic rings. The summed E-state index contributed by atoms with van der Waals surface area (Å²) in [5.41, 5.74) is 4.56. The molecule has 5 atom stereocenters. The lowest BCUT2D eigenvalue weighted by Crippen LogP contribution is -2.64. The first kappa shape index (κ1) is 59.4. The van der Waals surface area contributed by atoms with Crippen molar-refractivity contribution < 1.29 is 42.2 Å². The molecular formula is C64H81N11O10S2. The second-order valence-corrected chi connectivity index (χ2v) is 28.5. The number of H-pyrrole nitrogens is 1. The van der Waals surface area contributed by atoms with Crippen molar-refractivity contribution in [2.75, 3.05) is 106 Å². The number of sulfonamides is 1. The first-order valence-corrected chi connectivity index (χ1v) is 33.4. The minimum absolute atomic E-state index is 0.108. The normalized spacial score (nSPS) is 26.0. The van der Waals surface area contributed by atoms with E-state index in [0.29, 0.717) is 93.0 Å². The number of rotatable bonds is 16. The molecule has 23 heteroatoms. The Morgan fingerprint density at radius 2 is 1.75 bits per heavy atom. The number of carbonyl (C=O) groups excluding carboxylic acids is 1. The van der Waals surface area contributed by atoms with Crippen LogP contribution in [0.25, 0.3) is 11.0 Å². The number of methoxy groups -OCH3 is 1. The minimum Gasteiger partial charge on any atom is -0.493 e. The van der Waals surface area contributed by atoms with Gasteiger partial charge in [-0.15, -0.1) is 11.3 Å². The number of nitro groups is 1. The molecule has 0 radical (unpaired) electrons. The van der Waals surface area contributed by atoms with Crippen molar-refractivity contribution in [1.82, 2.24) is 29.5 Å². The summed E-state index contributed by atoms with van der Waals surface area (Å²) in [6.07, 6.45) is 9.83. The number of hydrogen-bond donors (Lipinski definition) is 4. The SMILES string of the molecule is COc1cc(CN2CCN(C3CC4(CCN(c5ccc(C(=O)NS(=O)(=O)c6ccc(NCC7CCC(C)(O)CC7)c([N+](=O)[O-])c6)c(N6c7cc8cc[nH]c8nc7O[C@H]7COCC[C@@H]76)c5)CC4)C3C)[C@H](c3ccsc3C(C)C)C2)cnc1N1CCOCC1. The fourth-order valence-electron chi connectivity index (χ4n) is 15.1. The zero-order valence-electron chi connectivity index (χ0n) is 50.4. The third-order valence-electron chi connectivity index (χ3n) is 20.2. The summed E-state index contributed by atoms with van der Waals surface area (Å²) in [6, 6.07) is 18.1. The highest BCUT2D eigenvalue weighted by Gasteiger charge is 2.56. The van der Waals surface area contributed by atoms with E-state index in [4.69, 9.17) is 28.9 Å². The number of piperazine rings is 1. The smallest absolute Gasteiger partial charge is 0.293 e. The van der Waals surface area contributed by atoms with Crippen LogP contribution in [0.2, 0.25) is 0 Å². The Morgan fingerprint density at radius 3 is 2.51 bits per heavy atom. The molecule has 6 aromatic rings. The van der Waals surface area contributed by atoms with Gasteiger partial charge in [0.2, 0.25) is 5.88 Å². The van der Waals surface area contributed by atoms with Crippen LogP contribution in [0.3, 0.4) is 0 Å². The van der Waals surface area contributed by atoms with Crippen LogP contribution < -0.4 is 34.2 Å². The molecule has 2 aliphatic carbocycles. The van der Waals surface area contributed by atoms with Crippen molar-refractivity contribution in [1.29, 1.82) is 0 Å². The van der Waals surface area contributed by atoms with E-state index in [1.807, 2.05) is 54.9 Å². The molecular weight excluding hydrogens is 1150 g/mol. The highest BCUT2D eigenvalue weighted by molar-refractivity contribution is 7.90. The van der Waals surface area contributed by atoms with Gasteiger partial charge in [-0.05, 0) is 153 Å².